The van der Waals surface area contributed by atoms with Crippen LogP contribution in [-0.2, 0) is 9.53 Å². The molecule has 0 fully saturated rings. The molecule has 2 atom stereocenters. The lowest BCUT2D eigenvalue weighted by atomic mass is 9.98. The summed E-state index contributed by atoms with van der Waals surface area (Å²) in [5.74, 6) is -2.14. The van der Waals surface area contributed by atoms with Gasteiger partial charge in [0.25, 0.3) is 0 Å². The number of aromatic carboxylic acids is 1. The van der Waals surface area contributed by atoms with E-state index in [1.165, 1.54) is 18.2 Å². The predicted molar refractivity (Wildman–Crippen MR) is 134 cm³/mol. The molecule has 4 rings (SSSR count). The lowest BCUT2D eigenvalue weighted by Crippen LogP contribution is -2.42. The Balaban J connectivity index is 1.33. The number of benzene rings is 3. The van der Waals surface area contributed by atoms with Crippen LogP contribution >= 0.6 is 11.6 Å². The van der Waals surface area contributed by atoms with Crippen LogP contribution in [0.15, 0.2) is 66.7 Å². The largest absolute Gasteiger partial charge is 0.478 e. The van der Waals surface area contributed by atoms with Crippen LogP contribution < -0.4 is 10.6 Å². The number of halogens is 1. The van der Waals surface area contributed by atoms with E-state index in [-0.39, 0.29) is 29.0 Å². The van der Waals surface area contributed by atoms with Gasteiger partial charge in [0.15, 0.2) is 0 Å². The zero-order valence-electron chi connectivity index (χ0n) is 19.2. The Morgan fingerprint density at radius 1 is 0.971 bits per heavy atom. The van der Waals surface area contributed by atoms with Gasteiger partial charge in [0.1, 0.15) is 6.61 Å². The molecule has 0 saturated heterocycles. The van der Waals surface area contributed by atoms with Crippen molar-refractivity contribution in [2.75, 3.05) is 11.9 Å². The molecule has 0 aliphatic heterocycles. The minimum absolute atomic E-state index is 0.0211. The second kappa shape index (κ2) is 10.2. The number of alkyl carbamates (subject to hydrolysis) is 1. The van der Waals surface area contributed by atoms with Gasteiger partial charge in [-0.1, -0.05) is 67.1 Å². The molecule has 0 bridgehead atoms. The van der Waals surface area contributed by atoms with Gasteiger partial charge in [-0.15, -0.1) is 0 Å². The summed E-state index contributed by atoms with van der Waals surface area (Å²) in [5, 5.41) is 14.5. The third kappa shape index (κ3) is 5.15. The van der Waals surface area contributed by atoms with E-state index in [4.69, 9.17) is 21.4 Å². The first-order valence-corrected chi connectivity index (χ1v) is 11.6. The maximum absolute atomic E-state index is 12.6. The Bertz CT molecular complexity index is 1250. The van der Waals surface area contributed by atoms with Crippen molar-refractivity contribution in [3.05, 3.63) is 88.4 Å². The van der Waals surface area contributed by atoms with Gasteiger partial charge in [0, 0.05) is 17.6 Å². The summed E-state index contributed by atoms with van der Waals surface area (Å²) < 4.78 is 5.56. The van der Waals surface area contributed by atoms with Crippen LogP contribution in [-0.4, -0.2) is 35.7 Å². The molecule has 2 amide bonds. The number of carbonyl (C=O) groups excluding carboxylic acids is 2. The maximum Gasteiger partial charge on any atom is 0.407 e. The minimum Gasteiger partial charge on any atom is -0.478 e. The molecule has 8 heteroatoms. The number of ether oxygens (including phenoxy) is 1. The highest BCUT2D eigenvalue weighted by Gasteiger charge is 2.29. The SMILES string of the molecule is CC(NC(=O)OCC1c2ccccc2-c2ccccc21)C(C)C(=O)Nc1ccc(C(=O)O)c(Cl)c1. The topological polar surface area (TPSA) is 105 Å². The normalized spacial score (nSPS) is 13.8. The quantitative estimate of drug-likeness (QED) is 0.401. The molecule has 2 unspecified atom stereocenters. The summed E-state index contributed by atoms with van der Waals surface area (Å²) in [6, 6.07) is 19.8. The fourth-order valence-corrected chi connectivity index (χ4v) is 4.46. The molecule has 0 radical (unpaired) electrons. The summed E-state index contributed by atoms with van der Waals surface area (Å²) in [5.41, 5.74) is 4.84. The number of amides is 2. The van der Waals surface area contributed by atoms with Crippen molar-refractivity contribution in [2.45, 2.75) is 25.8 Å². The zero-order valence-corrected chi connectivity index (χ0v) is 20.0. The monoisotopic (exact) mass is 492 g/mol. The third-order valence-corrected chi connectivity index (χ3v) is 6.63. The van der Waals surface area contributed by atoms with E-state index < -0.39 is 24.0 Å². The van der Waals surface area contributed by atoms with E-state index in [0.29, 0.717) is 5.69 Å². The lowest BCUT2D eigenvalue weighted by molar-refractivity contribution is -0.120. The fraction of sp³-hybridized carbons (Fsp3) is 0.222. The fourth-order valence-electron chi connectivity index (χ4n) is 4.20. The van der Waals surface area contributed by atoms with Crippen molar-refractivity contribution in [3.63, 3.8) is 0 Å². The van der Waals surface area contributed by atoms with Gasteiger partial charge >= 0.3 is 12.1 Å². The zero-order chi connectivity index (χ0) is 25.1. The second-order valence-corrected chi connectivity index (χ2v) is 8.94. The molecule has 1 aliphatic rings. The number of hydrogen-bond acceptors (Lipinski definition) is 4. The number of nitrogens with one attached hydrogen (secondary N) is 2. The average molecular weight is 493 g/mol. The molecule has 0 aromatic heterocycles. The third-order valence-electron chi connectivity index (χ3n) is 6.32. The average Bonchev–Trinajstić information content (AvgIpc) is 3.15. The van der Waals surface area contributed by atoms with Crippen LogP contribution in [0.1, 0.15) is 41.3 Å². The Hall–Kier alpha value is -3.84. The standard InChI is InChI=1S/C27H25ClN2O5/c1-15(25(31)30-17-11-12-22(26(32)33)24(28)13-17)16(2)29-27(34)35-14-23-20-9-5-3-7-18(20)19-8-4-6-10-21(19)23/h3-13,15-16,23H,14H2,1-2H3,(H,29,34)(H,30,31)(H,32,33). The molecule has 35 heavy (non-hydrogen) atoms. The van der Waals surface area contributed by atoms with Crippen LogP contribution in [0.3, 0.4) is 0 Å². The minimum atomic E-state index is -1.15. The number of rotatable bonds is 7. The van der Waals surface area contributed by atoms with Gasteiger partial charge in [0.2, 0.25) is 5.91 Å². The molecule has 7 nitrogen and oxygen atoms in total. The first-order valence-electron chi connectivity index (χ1n) is 11.2. The molecule has 0 heterocycles. The molecule has 180 valence electrons. The maximum atomic E-state index is 12.6. The summed E-state index contributed by atoms with van der Waals surface area (Å²) >= 11 is 5.96. The van der Waals surface area contributed by atoms with Crippen molar-refractivity contribution in [3.8, 4) is 11.1 Å². The molecule has 3 aromatic carbocycles. The van der Waals surface area contributed by atoms with Crippen molar-refractivity contribution >= 4 is 35.3 Å². The molecule has 1 aliphatic carbocycles. The van der Waals surface area contributed by atoms with Crippen molar-refractivity contribution in [1.29, 1.82) is 0 Å². The van der Waals surface area contributed by atoms with E-state index in [9.17, 15) is 14.4 Å². The van der Waals surface area contributed by atoms with Crippen LogP contribution in [0, 0.1) is 5.92 Å². The van der Waals surface area contributed by atoms with Crippen LogP contribution in [0.25, 0.3) is 11.1 Å². The number of fused-ring (bicyclic) bond motifs is 3. The Kier molecular flexibility index (Phi) is 7.07. The van der Waals surface area contributed by atoms with Gasteiger partial charge in [0.05, 0.1) is 16.5 Å². The van der Waals surface area contributed by atoms with Crippen molar-refractivity contribution < 1.29 is 24.2 Å². The molecular formula is C27H25ClN2O5. The van der Waals surface area contributed by atoms with E-state index in [0.717, 1.165) is 22.3 Å². The highest BCUT2D eigenvalue weighted by molar-refractivity contribution is 6.33. The summed E-state index contributed by atoms with van der Waals surface area (Å²) in [7, 11) is 0. The van der Waals surface area contributed by atoms with Crippen molar-refractivity contribution in [2.24, 2.45) is 5.92 Å². The van der Waals surface area contributed by atoms with Gasteiger partial charge in [-0.2, -0.15) is 0 Å². The summed E-state index contributed by atoms with van der Waals surface area (Å²) in [6.07, 6.45) is -0.604. The van der Waals surface area contributed by atoms with Gasteiger partial charge in [-0.25, -0.2) is 9.59 Å². The molecule has 3 N–H and O–H groups in total. The van der Waals surface area contributed by atoms with Gasteiger partial charge < -0.3 is 20.5 Å². The Morgan fingerprint density at radius 2 is 1.57 bits per heavy atom. The Labute approximate surface area is 208 Å². The number of carboxylic acids is 1. The van der Waals surface area contributed by atoms with Gasteiger partial charge in [-0.05, 0) is 47.4 Å². The molecule has 3 aromatic rings. The number of carbonyl (C=O) groups is 3. The molecule has 0 saturated carbocycles. The number of carboxylic acid groups (broad SMARTS) is 1. The highest BCUT2D eigenvalue weighted by atomic mass is 35.5. The van der Waals surface area contributed by atoms with Crippen molar-refractivity contribution in [1.82, 2.24) is 5.32 Å². The Morgan fingerprint density at radius 3 is 2.14 bits per heavy atom. The molecular weight excluding hydrogens is 468 g/mol. The van der Waals surface area contributed by atoms with Crippen LogP contribution in [0.2, 0.25) is 5.02 Å². The molecule has 0 spiro atoms. The van der Waals surface area contributed by atoms with Crippen LogP contribution in [0.5, 0.6) is 0 Å². The van der Waals surface area contributed by atoms with Gasteiger partial charge in [-0.3, -0.25) is 4.79 Å². The summed E-state index contributed by atoms with van der Waals surface area (Å²) in [6.45, 7) is 3.57. The first kappa shape index (κ1) is 24.3. The highest BCUT2D eigenvalue weighted by Crippen LogP contribution is 2.44. The lowest BCUT2D eigenvalue weighted by Gasteiger charge is -2.21. The van der Waals surface area contributed by atoms with E-state index in [1.807, 2.05) is 36.4 Å². The second-order valence-electron chi connectivity index (χ2n) is 8.54. The first-order chi connectivity index (χ1) is 16.8. The van der Waals surface area contributed by atoms with Crippen LogP contribution in [0.4, 0.5) is 10.5 Å². The number of anilines is 1. The van der Waals surface area contributed by atoms with E-state index in [2.05, 4.69) is 22.8 Å². The number of hydrogen-bond donors (Lipinski definition) is 3. The predicted octanol–water partition coefficient (Wildman–Crippen LogP) is 5.54. The summed E-state index contributed by atoms with van der Waals surface area (Å²) in [4.78, 5) is 36.3. The van der Waals surface area contributed by atoms with E-state index in [1.54, 1.807) is 13.8 Å². The van der Waals surface area contributed by atoms with E-state index >= 15 is 0 Å². The smallest absolute Gasteiger partial charge is 0.407 e.